The summed E-state index contributed by atoms with van der Waals surface area (Å²) in [5, 5.41) is 22.1. The molecule has 4 N–H and O–H groups in total. The van der Waals surface area contributed by atoms with Crippen LogP contribution in [-0.2, 0) is 16.2 Å². The summed E-state index contributed by atoms with van der Waals surface area (Å²) < 4.78 is 66.1. The van der Waals surface area contributed by atoms with E-state index in [1.54, 1.807) is 0 Å². The van der Waals surface area contributed by atoms with Gasteiger partial charge in [-0.3, -0.25) is 0 Å². The number of primary sulfonamides is 1. The Morgan fingerprint density at radius 3 is 2.42 bits per heavy atom. The summed E-state index contributed by atoms with van der Waals surface area (Å²) in [7, 11) is -4.72. The zero-order valence-electron chi connectivity index (χ0n) is 20.1. The monoisotopic (exact) mass is 526 g/mol. The first kappa shape index (κ1) is 25.6. The number of fused-ring (bicyclic) bond motifs is 1. The maximum atomic E-state index is 13.8. The van der Waals surface area contributed by atoms with Gasteiger partial charge in [-0.1, -0.05) is 12.5 Å². The van der Waals surface area contributed by atoms with Crippen LogP contribution in [0.4, 0.5) is 13.2 Å². The highest BCUT2D eigenvalue weighted by Gasteiger charge is 2.41. The fourth-order valence-electron chi connectivity index (χ4n) is 6.97. The molecule has 3 aliphatic rings. The molecule has 1 aromatic carbocycles. The third kappa shape index (κ3) is 5.31. The predicted octanol–water partition coefficient (Wildman–Crippen LogP) is 4.22. The zero-order valence-corrected chi connectivity index (χ0v) is 20.9. The molecule has 2 aromatic rings. The number of hydrogen-bond donors (Lipinski definition) is 3. The van der Waals surface area contributed by atoms with Crippen LogP contribution in [0.2, 0.25) is 0 Å². The summed E-state index contributed by atoms with van der Waals surface area (Å²) in [4.78, 5) is -0.977. The minimum Gasteiger partial charge on any atom is -0.316 e. The van der Waals surface area contributed by atoms with E-state index >= 15 is 0 Å². The van der Waals surface area contributed by atoms with Gasteiger partial charge in [-0.2, -0.15) is 18.4 Å². The SMILES string of the molecule is NS(=O)(=O)c1c(C(F)(F)F)ccc(C2CCC(CC3CC[C@@H]4CNCC[C@H]4C3)CC2)c1-c1nn[nH]n1. The van der Waals surface area contributed by atoms with Crippen LogP contribution in [0, 0.1) is 23.7 Å². The molecule has 0 bridgehead atoms. The van der Waals surface area contributed by atoms with E-state index in [1.165, 1.54) is 38.2 Å². The number of alkyl halides is 3. The molecule has 2 heterocycles. The summed E-state index contributed by atoms with van der Waals surface area (Å²) in [5.74, 6) is 2.70. The Hall–Kier alpha value is -2.05. The van der Waals surface area contributed by atoms with Gasteiger partial charge in [-0.05, 0) is 111 Å². The quantitative estimate of drug-likeness (QED) is 0.535. The molecule has 12 heteroatoms. The third-order valence-corrected chi connectivity index (χ3v) is 9.64. The van der Waals surface area contributed by atoms with Crippen molar-refractivity contribution in [3.05, 3.63) is 23.3 Å². The second kappa shape index (κ2) is 10.0. The van der Waals surface area contributed by atoms with Crippen molar-refractivity contribution in [1.82, 2.24) is 25.9 Å². The molecule has 8 nitrogen and oxygen atoms in total. The first-order chi connectivity index (χ1) is 17.1. The van der Waals surface area contributed by atoms with E-state index in [2.05, 4.69) is 25.9 Å². The first-order valence-electron chi connectivity index (χ1n) is 12.8. The van der Waals surface area contributed by atoms with Crippen molar-refractivity contribution < 1.29 is 21.6 Å². The van der Waals surface area contributed by atoms with Crippen molar-refractivity contribution in [3.8, 4) is 11.4 Å². The lowest BCUT2D eigenvalue weighted by molar-refractivity contribution is -0.139. The van der Waals surface area contributed by atoms with Gasteiger partial charge in [0.25, 0.3) is 0 Å². The molecule has 0 amide bonds. The minimum absolute atomic E-state index is 0.0994. The van der Waals surface area contributed by atoms with Gasteiger partial charge in [0.2, 0.25) is 15.8 Å². The number of aromatic amines is 1. The molecule has 1 saturated heterocycles. The number of tetrazole rings is 1. The van der Waals surface area contributed by atoms with E-state index in [1.807, 2.05) is 0 Å². The lowest BCUT2D eigenvalue weighted by Crippen LogP contribution is -2.40. The van der Waals surface area contributed by atoms with Gasteiger partial charge >= 0.3 is 6.18 Å². The molecule has 198 valence electrons. The molecule has 3 atom stereocenters. The fraction of sp³-hybridized carbons (Fsp3) is 0.708. The Morgan fingerprint density at radius 2 is 1.75 bits per heavy atom. The van der Waals surface area contributed by atoms with E-state index in [4.69, 9.17) is 5.14 Å². The largest absolute Gasteiger partial charge is 0.417 e. The average molecular weight is 527 g/mol. The molecule has 1 unspecified atom stereocenters. The standard InChI is InChI=1S/C24H33F3N6O2S/c25-24(26,27)20-8-7-19(21(22(20)36(28,34)35)23-30-32-33-31-23)16-4-1-14(2-5-16)11-15-3-6-18-13-29-10-9-17(18)12-15/h7-8,14-18,29H,1-6,9-13H2,(H2,28,34,35)(H,30,31,32,33)/t14?,15?,16?,17-,18+/m0/s1. The number of nitrogens with one attached hydrogen (secondary N) is 2. The van der Waals surface area contributed by atoms with Gasteiger partial charge < -0.3 is 5.32 Å². The molecule has 2 saturated carbocycles. The van der Waals surface area contributed by atoms with Crippen molar-refractivity contribution in [2.75, 3.05) is 13.1 Å². The van der Waals surface area contributed by atoms with E-state index in [-0.39, 0.29) is 17.3 Å². The number of piperidine rings is 1. The van der Waals surface area contributed by atoms with Gasteiger partial charge in [0.1, 0.15) is 4.90 Å². The molecule has 5 rings (SSSR count). The Balaban J connectivity index is 1.35. The number of hydrogen-bond acceptors (Lipinski definition) is 6. The van der Waals surface area contributed by atoms with Gasteiger partial charge in [0.15, 0.2) is 0 Å². The summed E-state index contributed by atoms with van der Waals surface area (Å²) in [6.45, 7) is 2.27. The molecule has 0 radical (unpaired) electrons. The zero-order chi connectivity index (χ0) is 25.5. The van der Waals surface area contributed by atoms with Crippen molar-refractivity contribution in [1.29, 1.82) is 0 Å². The number of rotatable bonds is 5. The van der Waals surface area contributed by atoms with Crippen LogP contribution in [0.5, 0.6) is 0 Å². The summed E-state index contributed by atoms with van der Waals surface area (Å²) >= 11 is 0. The minimum atomic E-state index is -4.90. The molecule has 2 aliphatic carbocycles. The Kier molecular flexibility index (Phi) is 7.12. The first-order valence-corrected chi connectivity index (χ1v) is 14.4. The molecular formula is C24H33F3N6O2S. The normalized spacial score (nSPS) is 29.6. The molecule has 0 spiro atoms. The summed E-state index contributed by atoms with van der Waals surface area (Å²) in [5.41, 5.74) is -1.01. The number of aromatic nitrogens is 4. The van der Waals surface area contributed by atoms with E-state index in [0.717, 1.165) is 62.6 Å². The van der Waals surface area contributed by atoms with Crippen LogP contribution in [0.25, 0.3) is 11.4 Å². The molecule has 1 aromatic heterocycles. The van der Waals surface area contributed by atoms with Crippen LogP contribution in [0.1, 0.15) is 74.8 Å². The molecule has 36 heavy (non-hydrogen) atoms. The van der Waals surface area contributed by atoms with Gasteiger partial charge in [0.05, 0.1) is 5.56 Å². The lowest BCUT2D eigenvalue weighted by atomic mass is 9.67. The van der Waals surface area contributed by atoms with E-state index < -0.39 is 26.7 Å². The van der Waals surface area contributed by atoms with Crippen molar-refractivity contribution in [2.45, 2.75) is 74.8 Å². The van der Waals surface area contributed by atoms with Crippen LogP contribution in [0.15, 0.2) is 17.0 Å². The Morgan fingerprint density at radius 1 is 1.00 bits per heavy atom. The number of nitrogens with two attached hydrogens (primary N) is 1. The second-order valence-electron chi connectivity index (χ2n) is 10.8. The van der Waals surface area contributed by atoms with E-state index in [9.17, 15) is 21.6 Å². The van der Waals surface area contributed by atoms with Gasteiger partial charge in [0, 0.05) is 5.56 Å². The lowest BCUT2D eigenvalue weighted by Gasteiger charge is -2.41. The topological polar surface area (TPSA) is 127 Å². The number of sulfonamides is 1. The van der Waals surface area contributed by atoms with Crippen molar-refractivity contribution in [2.24, 2.45) is 28.8 Å². The van der Waals surface area contributed by atoms with Crippen LogP contribution < -0.4 is 10.5 Å². The maximum Gasteiger partial charge on any atom is 0.417 e. The van der Waals surface area contributed by atoms with Crippen LogP contribution in [0.3, 0.4) is 0 Å². The summed E-state index contributed by atoms with van der Waals surface area (Å²) in [6.07, 6.45) is 4.94. The third-order valence-electron chi connectivity index (χ3n) is 8.65. The highest BCUT2D eigenvalue weighted by atomic mass is 32.2. The van der Waals surface area contributed by atoms with Crippen molar-refractivity contribution >= 4 is 10.0 Å². The molecular weight excluding hydrogens is 493 g/mol. The highest BCUT2D eigenvalue weighted by molar-refractivity contribution is 7.89. The Labute approximate surface area is 209 Å². The predicted molar refractivity (Wildman–Crippen MR) is 127 cm³/mol. The highest BCUT2D eigenvalue weighted by Crippen LogP contribution is 2.47. The second-order valence-corrected chi connectivity index (χ2v) is 12.3. The number of benzene rings is 1. The molecule has 1 aliphatic heterocycles. The van der Waals surface area contributed by atoms with Crippen LogP contribution in [-0.4, -0.2) is 42.1 Å². The van der Waals surface area contributed by atoms with Crippen LogP contribution >= 0.6 is 0 Å². The Bertz CT molecular complexity index is 1160. The van der Waals surface area contributed by atoms with Gasteiger partial charge in [-0.25, -0.2) is 13.6 Å². The summed E-state index contributed by atoms with van der Waals surface area (Å²) in [6, 6.07) is 2.19. The average Bonchev–Trinajstić information content (AvgIpc) is 3.37. The van der Waals surface area contributed by atoms with E-state index in [0.29, 0.717) is 11.5 Å². The van der Waals surface area contributed by atoms with Gasteiger partial charge in [-0.15, -0.1) is 10.2 Å². The molecule has 3 fully saturated rings. The fourth-order valence-corrected chi connectivity index (χ4v) is 7.95. The number of nitrogens with zero attached hydrogens (tertiary/aromatic N) is 3. The number of H-pyrrole nitrogens is 1. The smallest absolute Gasteiger partial charge is 0.316 e. The van der Waals surface area contributed by atoms with Crippen molar-refractivity contribution in [3.63, 3.8) is 0 Å². The number of halogens is 3. The maximum absolute atomic E-state index is 13.8.